The van der Waals surface area contributed by atoms with Crippen LogP contribution in [-0.4, -0.2) is 17.7 Å². The van der Waals surface area contributed by atoms with E-state index in [0.29, 0.717) is 17.1 Å². The van der Waals surface area contributed by atoms with Crippen LogP contribution in [-0.2, 0) is 11.3 Å². The van der Waals surface area contributed by atoms with Crippen LogP contribution in [0.5, 0.6) is 5.75 Å². The lowest BCUT2D eigenvalue weighted by Crippen LogP contribution is -2.24. The van der Waals surface area contributed by atoms with Crippen molar-refractivity contribution in [2.45, 2.75) is 6.61 Å². The van der Waals surface area contributed by atoms with E-state index in [1.165, 1.54) is 6.07 Å². The summed E-state index contributed by atoms with van der Waals surface area (Å²) in [6.07, 6.45) is 2.89. The molecule has 0 spiro atoms. The predicted octanol–water partition coefficient (Wildman–Crippen LogP) is 3.99. The standard InChI is InChI=1S/C17H16ClNO3/c18-15-8-9-16(20)14(11-15)7-4-10-19-17(21)22-12-13-5-2-1-3-6-13/h1-9,11,20H,10,12H2,(H,19,21). The van der Waals surface area contributed by atoms with Crippen molar-refractivity contribution in [3.63, 3.8) is 0 Å². The maximum atomic E-state index is 11.5. The third-order valence-corrected chi connectivity index (χ3v) is 3.10. The van der Waals surface area contributed by atoms with E-state index >= 15 is 0 Å². The number of ether oxygens (including phenoxy) is 1. The smallest absolute Gasteiger partial charge is 0.407 e. The van der Waals surface area contributed by atoms with Gasteiger partial charge in [0.15, 0.2) is 0 Å². The van der Waals surface area contributed by atoms with Crippen LogP contribution < -0.4 is 5.32 Å². The number of amides is 1. The molecule has 0 aliphatic rings. The first kappa shape index (κ1) is 15.9. The first-order chi connectivity index (χ1) is 10.6. The molecule has 114 valence electrons. The Morgan fingerprint density at radius 3 is 2.77 bits per heavy atom. The average Bonchev–Trinajstić information content (AvgIpc) is 2.53. The van der Waals surface area contributed by atoms with Gasteiger partial charge in [0.25, 0.3) is 0 Å². The fraction of sp³-hybridized carbons (Fsp3) is 0.118. The van der Waals surface area contributed by atoms with Gasteiger partial charge in [0.05, 0.1) is 0 Å². The number of alkyl carbamates (subject to hydrolysis) is 1. The highest BCUT2D eigenvalue weighted by Crippen LogP contribution is 2.22. The predicted molar refractivity (Wildman–Crippen MR) is 86.8 cm³/mol. The fourth-order valence-electron chi connectivity index (χ4n) is 1.76. The van der Waals surface area contributed by atoms with Crippen molar-refractivity contribution in [2.75, 3.05) is 6.54 Å². The summed E-state index contributed by atoms with van der Waals surface area (Å²) >= 11 is 5.84. The SMILES string of the molecule is O=C(NCC=Cc1cc(Cl)ccc1O)OCc1ccccc1. The Hall–Kier alpha value is -2.46. The summed E-state index contributed by atoms with van der Waals surface area (Å²) in [4.78, 5) is 11.5. The highest BCUT2D eigenvalue weighted by Gasteiger charge is 2.01. The van der Waals surface area contributed by atoms with E-state index in [4.69, 9.17) is 16.3 Å². The van der Waals surface area contributed by atoms with Gasteiger partial charge in [0.1, 0.15) is 12.4 Å². The number of rotatable bonds is 5. The van der Waals surface area contributed by atoms with Gasteiger partial charge in [-0.1, -0.05) is 54.1 Å². The van der Waals surface area contributed by atoms with Crippen molar-refractivity contribution in [3.8, 4) is 5.75 Å². The van der Waals surface area contributed by atoms with Crippen molar-refractivity contribution in [1.29, 1.82) is 0 Å². The van der Waals surface area contributed by atoms with Gasteiger partial charge < -0.3 is 15.2 Å². The van der Waals surface area contributed by atoms with Crippen LogP contribution in [0.1, 0.15) is 11.1 Å². The summed E-state index contributed by atoms with van der Waals surface area (Å²) in [5.41, 5.74) is 1.52. The number of carbonyl (C=O) groups is 1. The molecule has 5 heteroatoms. The van der Waals surface area contributed by atoms with Crippen molar-refractivity contribution in [2.24, 2.45) is 0 Å². The lowest BCUT2D eigenvalue weighted by molar-refractivity contribution is 0.141. The van der Waals surface area contributed by atoms with Crippen molar-refractivity contribution in [3.05, 3.63) is 70.8 Å². The van der Waals surface area contributed by atoms with E-state index in [1.807, 2.05) is 30.3 Å². The minimum atomic E-state index is -0.496. The van der Waals surface area contributed by atoms with Crippen LogP contribution in [0.2, 0.25) is 5.02 Å². The molecule has 0 bridgehead atoms. The molecule has 4 nitrogen and oxygen atoms in total. The molecule has 0 saturated heterocycles. The van der Waals surface area contributed by atoms with E-state index < -0.39 is 6.09 Å². The molecule has 22 heavy (non-hydrogen) atoms. The molecule has 1 amide bonds. The zero-order valence-corrected chi connectivity index (χ0v) is 12.6. The molecule has 0 aliphatic heterocycles. The average molecular weight is 318 g/mol. The van der Waals surface area contributed by atoms with Crippen molar-refractivity contribution in [1.82, 2.24) is 5.32 Å². The second-order valence-corrected chi connectivity index (χ2v) is 4.98. The molecular formula is C17H16ClNO3. The van der Waals surface area contributed by atoms with Gasteiger partial charge in [0.2, 0.25) is 0 Å². The third kappa shape index (κ3) is 5.14. The summed E-state index contributed by atoms with van der Waals surface area (Å²) < 4.78 is 5.07. The van der Waals surface area contributed by atoms with Crippen molar-refractivity contribution >= 4 is 23.8 Å². The molecule has 0 unspecified atom stereocenters. The Morgan fingerprint density at radius 1 is 1.23 bits per heavy atom. The third-order valence-electron chi connectivity index (χ3n) is 2.86. The van der Waals surface area contributed by atoms with Gasteiger partial charge in [-0.05, 0) is 23.8 Å². The van der Waals surface area contributed by atoms with E-state index in [9.17, 15) is 9.90 Å². The summed E-state index contributed by atoms with van der Waals surface area (Å²) in [5, 5.41) is 12.8. The lowest BCUT2D eigenvalue weighted by atomic mass is 10.2. The first-order valence-corrected chi connectivity index (χ1v) is 7.12. The maximum absolute atomic E-state index is 11.5. The van der Waals surface area contributed by atoms with Crippen LogP contribution in [0.3, 0.4) is 0 Å². The van der Waals surface area contributed by atoms with E-state index in [1.54, 1.807) is 24.3 Å². The molecule has 0 fully saturated rings. The Morgan fingerprint density at radius 2 is 2.00 bits per heavy atom. The molecule has 0 aliphatic carbocycles. The number of hydrogen-bond donors (Lipinski definition) is 2. The van der Waals surface area contributed by atoms with E-state index in [2.05, 4.69) is 5.32 Å². The summed E-state index contributed by atoms with van der Waals surface area (Å²) in [7, 11) is 0. The zero-order chi connectivity index (χ0) is 15.8. The highest BCUT2D eigenvalue weighted by molar-refractivity contribution is 6.30. The number of aromatic hydroxyl groups is 1. The lowest BCUT2D eigenvalue weighted by Gasteiger charge is -2.05. The van der Waals surface area contributed by atoms with Gasteiger partial charge in [-0.2, -0.15) is 0 Å². The molecule has 2 N–H and O–H groups in total. The van der Waals surface area contributed by atoms with Crippen molar-refractivity contribution < 1.29 is 14.6 Å². The number of carbonyl (C=O) groups excluding carboxylic acids is 1. The molecule has 2 aromatic carbocycles. The molecule has 0 radical (unpaired) electrons. The van der Waals surface area contributed by atoms with Gasteiger partial charge >= 0.3 is 6.09 Å². The molecule has 0 heterocycles. The topological polar surface area (TPSA) is 58.6 Å². The normalized spacial score (nSPS) is 10.6. The van der Waals surface area contributed by atoms with E-state index in [-0.39, 0.29) is 12.4 Å². The second-order valence-electron chi connectivity index (χ2n) is 4.55. The number of halogens is 1. The van der Waals surface area contributed by atoms with Crippen LogP contribution in [0.25, 0.3) is 6.08 Å². The molecule has 2 aromatic rings. The van der Waals surface area contributed by atoms with E-state index in [0.717, 1.165) is 5.56 Å². The van der Waals surface area contributed by atoms with Gasteiger partial charge in [0, 0.05) is 17.1 Å². The highest BCUT2D eigenvalue weighted by atomic mass is 35.5. The monoisotopic (exact) mass is 317 g/mol. The minimum absolute atomic E-state index is 0.132. The van der Waals surface area contributed by atoms with Gasteiger partial charge in [-0.15, -0.1) is 0 Å². The molecular weight excluding hydrogens is 302 g/mol. The molecule has 2 rings (SSSR count). The zero-order valence-electron chi connectivity index (χ0n) is 11.8. The summed E-state index contributed by atoms with van der Waals surface area (Å²) in [6, 6.07) is 14.2. The molecule has 0 atom stereocenters. The Kier molecular flexibility index (Phi) is 5.86. The molecule has 0 saturated carbocycles. The number of hydrogen-bond acceptors (Lipinski definition) is 3. The maximum Gasteiger partial charge on any atom is 0.407 e. The number of benzene rings is 2. The minimum Gasteiger partial charge on any atom is -0.507 e. The summed E-state index contributed by atoms with van der Waals surface area (Å²) in [5.74, 6) is 0.132. The first-order valence-electron chi connectivity index (χ1n) is 6.75. The Labute approximate surface area is 134 Å². The van der Waals surface area contributed by atoms with Crippen LogP contribution in [0, 0.1) is 0 Å². The number of phenolic OH excluding ortho intramolecular Hbond substituents is 1. The Bertz CT molecular complexity index is 656. The number of nitrogens with one attached hydrogen (secondary N) is 1. The quantitative estimate of drug-likeness (QED) is 0.876. The van der Waals surface area contributed by atoms with Gasteiger partial charge in [-0.25, -0.2) is 4.79 Å². The second kappa shape index (κ2) is 8.10. The van der Waals surface area contributed by atoms with Crippen LogP contribution >= 0.6 is 11.6 Å². The largest absolute Gasteiger partial charge is 0.507 e. The number of phenols is 1. The van der Waals surface area contributed by atoms with Gasteiger partial charge in [-0.3, -0.25) is 0 Å². The Balaban J connectivity index is 1.75. The summed E-state index contributed by atoms with van der Waals surface area (Å²) in [6.45, 7) is 0.519. The fourth-order valence-corrected chi connectivity index (χ4v) is 1.94. The molecule has 0 aromatic heterocycles. The van der Waals surface area contributed by atoms with Crippen LogP contribution in [0.15, 0.2) is 54.6 Å². The van der Waals surface area contributed by atoms with Crippen LogP contribution in [0.4, 0.5) is 4.79 Å².